The third-order valence-corrected chi connectivity index (χ3v) is 5.48. The number of hydrogen-bond donors (Lipinski definition) is 3. The number of benzene rings is 1. The lowest BCUT2D eigenvalue weighted by atomic mass is 9.86. The number of rotatable bonds is 5. The second-order valence-corrected chi connectivity index (χ2v) is 7.61. The van der Waals surface area contributed by atoms with Crippen LogP contribution in [-0.4, -0.2) is 27.7 Å². The van der Waals surface area contributed by atoms with E-state index >= 15 is 0 Å². The lowest BCUT2D eigenvalue weighted by Crippen LogP contribution is -2.29. The fraction of sp³-hybridized carbons (Fsp3) is 0.412. The lowest BCUT2D eigenvalue weighted by molar-refractivity contribution is 0.184. The third-order valence-electron chi connectivity index (χ3n) is 4.20. The van der Waals surface area contributed by atoms with Gasteiger partial charge < -0.3 is 16.2 Å². The predicted octanol–water partition coefficient (Wildman–Crippen LogP) is 3.83. The summed E-state index contributed by atoms with van der Waals surface area (Å²) >= 11 is 7.52. The summed E-state index contributed by atoms with van der Waals surface area (Å²) in [5.41, 5.74) is 5.77. The van der Waals surface area contributed by atoms with Crippen LogP contribution in [0.3, 0.4) is 0 Å². The Hall–Kier alpha value is -1.50. The van der Waals surface area contributed by atoms with Gasteiger partial charge in [-0.25, -0.2) is 4.98 Å². The fourth-order valence-electron chi connectivity index (χ4n) is 2.97. The molecule has 5 nitrogen and oxygen atoms in total. The van der Waals surface area contributed by atoms with E-state index in [-0.39, 0.29) is 12.6 Å². The smallest absolute Gasteiger partial charge is 0.221 e. The van der Waals surface area contributed by atoms with Gasteiger partial charge in [0.15, 0.2) is 0 Å². The SMILES string of the molecule is Nc1ncc(Sc2ccc(Cl)cc2)c(N[C@@H]2CCC[C@@H](CO)C2)n1. The van der Waals surface area contributed by atoms with E-state index in [0.29, 0.717) is 17.0 Å². The van der Waals surface area contributed by atoms with Gasteiger partial charge in [0, 0.05) is 28.8 Å². The molecule has 1 heterocycles. The largest absolute Gasteiger partial charge is 0.396 e. The molecule has 0 spiro atoms. The molecule has 1 aliphatic rings. The summed E-state index contributed by atoms with van der Waals surface area (Å²) in [7, 11) is 0. The summed E-state index contributed by atoms with van der Waals surface area (Å²) < 4.78 is 0. The topological polar surface area (TPSA) is 84.1 Å². The molecule has 1 aromatic carbocycles. The molecule has 2 atom stereocenters. The molecule has 0 bridgehead atoms. The highest BCUT2D eigenvalue weighted by atomic mass is 35.5. The van der Waals surface area contributed by atoms with Crippen molar-refractivity contribution in [2.45, 2.75) is 41.5 Å². The Morgan fingerprint density at radius 3 is 2.83 bits per heavy atom. The molecular weight excluding hydrogens is 344 g/mol. The maximum absolute atomic E-state index is 9.40. The van der Waals surface area contributed by atoms with Gasteiger partial charge in [-0.3, -0.25) is 0 Å². The van der Waals surface area contributed by atoms with Crippen LogP contribution < -0.4 is 11.1 Å². The Bertz CT molecular complexity index is 683. The molecular formula is C17H21ClN4OS. The molecule has 0 saturated heterocycles. The zero-order valence-corrected chi connectivity index (χ0v) is 14.9. The third kappa shape index (κ3) is 4.53. The van der Waals surface area contributed by atoms with Crippen LogP contribution in [0.1, 0.15) is 25.7 Å². The summed E-state index contributed by atoms with van der Waals surface area (Å²) in [4.78, 5) is 10.5. The van der Waals surface area contributed by atoms with Crippen LogP contribution in [0.2, 0.25) is 5.02 Å². The first kappa shape index (κ1) is 17.3. The van der Waals surface area contributed by atoms with E-state index in [0.717, 1.165) is 41.3 Å². The number of nitrogens with one attached hydrogen (secondary N) is 1. The molecule has 1 fully saturated rings. The number of aliphatic hydroxyl groups excluding tert-OH is 1. The van der Waals surface area contributed by atoms with E-state index in [2.05, 4.69) is 15.3 Å². The molecule has 1 saturated carbocycles. The highest BCUT2D eigenvalue weighted by molar-refractivity contribution is 7.99. The van der Waals surface area contributed by atoms with Crippen LogP contribution in [-0.2, 0) is 0 Å². The van der Waals surface area contributed by atoms with Crippen molar-refractivity contribution in [2.24, 2.45) is 5.92 Å². The van der Waals surface area contributed by atoms with E-state index in [1.54, 1.807) is 18.0 Å². The van der Waals surface area contributed by atoms with Crippen molar-refractivity contribution in [3.05, 3.63) is 35.5 Å². The van der Waals surface area contributed by atoms with Gasteiger partial charge in [-0.2, -0.15) is 4.98 Å². The van der Waals surface area contributed by atoms with Crippen molar-refractivity contribution < 1.29 is 5.11 Å². The van der Waals surface area contributed by atoms with Gasteiger partial charge in [0.2, 0.25) is 5.95 Å². The first-order valence-corrected chi connectivity index (χ1v) is 9.27. The van der Waals surface area contributed by atoms with Gasteiger partial charge in [0.25, 0.3) is 0 Å². The van der Waals surface area contributed by atoms with Crippen molar-refractivity contribution >= 4 is 35.1 Å². The van der Waals surface area contributed by atoms with E-state index in [1.807, 2.05) is 24.3 Å². The minimum absolute atomic E-state index is 0.247. The van der Waals surface area contributed by atoms with Crippen LogP contribution >= 0.6 is 23.4 Å². The van der Waals surface area contributed by atoms with Crippen LogP contribution in [0.4, 0.5) is 11.8 Å². The number of nitrogens with two attached hydrogens (primary N) is 1. The average Bonchev–Trinajstić information content (AvgIpc) is 2.59. The Kier molecular flexibility index (Phi) is 5.81. The fourth-order valence-corrected chi connectivity index (χ4v) is 3.93. The molecule has 0 amide bonds. The van der Waals surface area contributed by atoms with Crippen molar-refractivity contribution in [3.63, 3.8) is 0 Å². The van der Waals surface area contributed by atoms with Crippen LogP contribution in [0.5, 0.6) is 0 Å². The first-order chi connectivity index (χ1) is 11.6. The Labute approximate surface area is 151 Å². The molecule has 0 unspecified atom stereocenters. The van der Waals surface area contributed by atoms with Gasteiger partial charge in [0.05, 0.1) is 4.90 Å². The number of anilines is 2. The number of nitrogen functional groups attached to an aromatic ring is 1. The maximum atomic E-state index is 9.40. The monoisotopic (exact) mass is 364 g/mol. The molecule has 1 aliphatic carbocycles. The van der Waals surface area contributed by atoms with Crippen molar-refractivity contribution in [1.82, 2.24) is 9.97 Å². The lowest BCUT2D eigenvalue weighted by Gasteiger charge is -2.29. The minimum Gasteiger partial charge on any atom is -0.396 e. The Morgan fingerprint density at radius 1 is 1.29 bits per heavy atom. The summed E-state index contributed by atoms with van der Waals surface area (Å²) in [6, 6.07) is 7.96. The number of hydrogen-bond acceptors (Lipinski definition) is 6. The first-order valence-electron chi connectivity index (χ1n) is 8.07. The molecule has 24 heavy (non-hydrogen) atoms. The standard InChI is InChI=1S/C17H21ClN4OS/c18-12-4-6-14(7-5-12)24-15-9-20-17(19)22-16(15)21-13-3-1-2-11(8-13)10-23/h4-7,9,11,13,23H,1-3,8,10H2,(H3,19,20,21,22)/t11-,13-/m1/s1. The average molecular weight is 365 g/mol. The zero-order valence-electron chi connectivity index (χ0n) is 13.3. The Morgan fingerprint density at radius 2 is 2.08 bits per heavy atom. The molecule has 0 aliphatic heterocycles. The van der Waals surface area contributed by atoms with Gasteiger partial charge in [0.1, 0.15) is 5.82 Å². The highest BCUT2D eigenvalue weighted by Gasteiger charge is 2.22. The molecule has 4 N–H and O–H groups in total. The normalized spacial score (nSPS) is 20.8. The second kappa shape index (κ2) is 8.05. The van der Waals surface area contributed by atoms with E-state index < -0.39 is 0 Å². The number of aromatic nitrogens is 2. The van der Waals surface area contributed by atoms with Crippen LogP contribution in [0.25, 0.3) is 0 Å². The molecule has 7 heteroatoms. The highest BCUT2D eigenvalue weighted by Crippen LogP contribution is 2.34. The van der Waals surface area contributed by atoms with Crippen LogP contribution in [0.15, 0.2) is 40.3 Å². The van der Waals surface area contributed by atoms with E-state index in [4.69, 9.17) is 17.3 Å². The van der Waals surface area contributed by atoms with Gasteiger partial charge in [-0.15, -0.1) is 0 Å². The van der Waals surface area contributed by atoms with Gasteiger partial charge in [-0.05, 0) is 49.4 Å². The molecule has 0 radical (unpaired) electrons. The van der Waals surface area contributed by atoms with Crippen LogP contribution in [0, 0.1) is 5.92 Å². The molecule has 1 aromatic heterocycles. The van der Waals surface area contributed by atoms with Crippen molar-refractivity contribution in [1.29, 1.82) is 0 Å². The summed E-state index contributed by atoms with van der Waals surface area (Å²) in [5.74, 6) is 1.38. The van der Waals surface area contributed by atoms with Gasteiger partial charge in [-0.1, -0.05) is 29.8 Å². The maximum Gasteiger partial charge on any atom is 0.221 e. The summed E-state index contributed by atoms with van der Waals surface area (Å²) in [6.45, 7) is 0.247. The summed E-state index contributed by atoms with van der Waals surface area (Å²) in [5, 5.41) is 13.6. The molecule has 3 rings (SSSR count). The number of halogens is 1. The predicted molar refractivity (Wildman–Crippen MR) is 98.5 cm³/mol. The summed E-state index contributed by atoms with van der Waals surface area (Å²) in [6.07, 6.45) is 5.98. The van der Waals surface area contributed by atoms with E-state index in [1.165, 1.54) is 0 Å². The van der Waals surface area contributed by atoms with E-state index in [9.17, 15) is 5.11 Å². The quantitative estimate of drug-likeness (QED) is 0.747. The zero-order chi connectivity index (χ0) is 16.9. The van der Waals surface area contributed by atoms with Crippen molar-refractivity contribution in [2.75, 3.05) is 17.7 Å². The van der Waals surface area contributed by atoms with Gasteiger partial charge >= 0.3 is 0 Å². The molecule has 2 aromatic rings. The second-order valence-electron chi connectivity index (χ2n) is 6.05. The number of aliphatic hydroxyl groups is 1. The number of nitrogens with zero attached hydrogens (tertiary/aromatic N) is 2. The van der Waals surface area contributed by atoms with Crippen molar-refractivity contribution in [3.8, 4) is 0 Å². The molecule has 128 valence electrons. The minimum atomic E-state index is 0.247. The Balaban J connectivity index is 1.76.